The predicted molar refractivity (Wildman–Crippen MR) is 82.0 cm³/mol. The molecule has 106 valence electrons. The first-order valence-electron chi connectivity index (χ1n) is 6.12. The van der Waals surface area contributed by atoms with Crippen LogP contribution in [0.25, 0.3) is 0 Å². The summed E-state index contributed by atoms with van der Waals surface area (Å²) in [5.74, 6) is -1.12. The fourth-order valence-corrected chi connectivity index (χ4v) is 3.18. The lowest BCUT2D eigenvalue weighted by Crippen LogP contribution is -2.18. The first-order chi connectivity index (χ1) is 9.45. The third-order valence-corrected chi connectivity index (χ3v) is 4.34. The predicted octanol–water partition coefficient (Wildman–Crippen LogP) is 4.77. The summed E-state index contributed by atoms with van der Waals surface area (Å²) < 4.78 is 27.6. The molecular formula is C15H14BrF2NS. The summed E-state index contributed by atoms with van der Waals surface area (Å²) in [6.45, 7) is 1.92. The third kappa shape index (κ3) is 4.04. The van der Waals surface area contributed by atoms with Gasteiger partial charge in [0, 0.05) is 26.4 Å². The highest BCUT2D eigenvalue weighted by molar-refractivity contribution is 9.10. The van der Waals surface area contributed by atoms with Crippen molar-refractivity contribution in [2.75, 3.05) is 0 Å². The van der Waals surface area contributed by atoms with E-state index in [1.807, 2.05) is 25.1 Å². The lowest BCUT2D eigenvalue weighted by atomic mass is 10.1. The summed E-state index contributed by atoms with van der Waals surface area (Å²) in [6.07, 6.45) is 0.699. The van der Waals surface area contributed by atoms with Gasteiger partial charge >= 0.3 is 0 Å². The second-order valence-corrected chi connectivity index (χ2v) is 6.61. The van der Waals surface area contributed by atoms with Crippen molar-refractivity contribution in [3.8, 4) is 0 Å². The van der Waals surface area contributed by atoms with E-state index >= 15 is 0 Å². The van der Waals surface area contributed by atoms with Gasteiger partial charge < -0.3 is 5.73 Å². The molecular weight excluding hydrogens is 344 g/mol. The van der Waals surface area contributed by atoms with Crippen LogP contribution in [0.2, 0.25) is 0 Å². The van der Waals surface area contributed by atoms with Gasteiger partial charge in [-0.2, -0.15) is 0 Å². The molecule has 0 saturated carbocycles. The van der Waals surface area contributed by atoms with Crippen LogP contribution < -0.4 is 5.73 Å². The maximum atomic E-state index is 13.7. The van der Waals surface area contributed by atoms with E-state index in [9.17, 15) is 8.78 Å². The largest absolute Gasteiger partial charge is 0.328 e. The summed E-state index contributed by atoms with van der Waals surface area (Å²) in [6, 6.07) is 9.41. The van der Waals surface area contributed by atoms with E-state index in [2.05, 4.69) is 15.9 Å². The molecule has 0 aliphatic rings. The van der Waals surface area contributed by atoms with Crippen molar-refractivity contribution in [1.82, 2.24) is 0 Å². The van der Waals surface area contributed by atoms with Gasteiger partial charge in [-0.3, -0.25) is 0 Å². The molecule has 0 aliphatic heterocycles. The van der Waals surface area contributed by atoms with Crippen molar-refractivity contribution in [3.05, 3.63) is 58.1 Å². The van der Waals surface area contributed by atoms with Gasteiger partial charge in [-0.25, -0.2) is 8.78 Å². The maximum absolute atomic E-state index is 13.7. The molecule has 0 saturated heterocycles. The number of hydrogen-bond acceptors (Lipinski definition) is 2. The van der Waals surface area contributed by atoms with E-state index in [1.165, 1.54) is 23.9 Å². The first-order valence-corrected chi connectivity index (χ1v) is 7.73. The van der Waals surface area contributed by atoms with Crippen molar-refractivity contribution in [2.24, 2.45) is 5.73 Å². The minimum atomic E-state index is -0.571. The van der Waals surface area contributed by atoms with Crippen LogP contribution in [0.15, 0.2) is 50.7 Å². The van der Waals surface area contributed by atoms with Crippen molar-refractivity contribution >= 4 is 27.7 Å². The van der Waals surface area contributed by atoms with Crippen LogP contribution in [0, 0.1) is 11.6 Å². The Kier molecular flexibility index (Phi) is 5.18. The zero-order valence-electron chi connectivity index (χ0n) is 10.9. The van der Waals surface area contributed by atoms with Gasteiger partial charge in [-0.05, 0) is 49.2 Å². The zero-order chi connectivity index (χ0) is 14.7. The van der Waals surface area contributed by atoms with Crippen LogP contribution in [0.5, 0.6) is 0 Å². The standard InChI is InChI=1S/C15H14BrF2NS/c1-9(19)6-10-7-11(16)2-4-14(10)20-15-5-3-12(17)8-13(15)18/h2-5,7-9H,6,19H2,1H3. The lowest BCUT2D eigenvalue weighted by molar-refractivity contribution is 0.565. The quantitative estimate of drug-likeness (QED) is 0.852. The second-order valence-electron chi connectivity index (χ2n) is 4.61. The molecule has 2 N–H and O–H groups in total. The lowest BCUT2D eigenvalue weighted by Gasteiger charge is -2.12. The van der Waals surface area contributed by atoms with E-state index in [4.69, 9.17) is 5.73 Å². The van der Waals surface area contributed by atoms with Crippen LogP contribution in [-0.4, -0.2) is 6.04 Å². The third-order valence-electron chi connectivity index (χ3n) is 2.68. The van der Waals surface area contributed by atoms with Crippen LogP contribution in [0.1, 0.15) is 12.5 Å². The smallest absolute Gasteiger partial charge is 0.140 e. The Hall–Kier alpha value is -0.910. The molecule has 0 radical (unpaired) electrons. The minimum absolute atomic E-state index is 0.0155. The Morgan fingerprint density at radius 2 is 1.85 bits per heavy atom. The van der Waals surface area contributed by atoms with Crippen LogP contribution in [0.4, 0.5) is 8.78 Å². The van der Waals surface area contributed by atoms with Crippen LogP contribution in [-0.2, 0) is 6.42 Å². The normalized spacial score (nSPS) is 12.4. The first kappa shape index (κ1) is 15.5. The Morgan fingerprint density at radius 1 is 1.15 bits per heavy atom. The molecule has 1 unspecified atom stereocenters. The topological polar surface area (TPSA) is 26.0 Å². The highest BCUT2D eigenvalue weighted by atomic mass is 79.9. The molecule has 20 heavy (non-hydrogen) atoms. The van der Waals surface area contributed by atoms with Crippen LogP contribution >= 0.6 is 27.7 Å². The Balaban J connectivity index is 2.32. The zero-order valence-corrected chi connectivity index (χ0v) is 13.3. The second kappa shape index (κ2) is 6.70. The summed E-state index contributed by atoms with van der Waals surface area (Å²) in [4.78, 5) is 1.33. The molecule has 1 atom stereocenters. The molecule has 5 heteroatoms. The summed E-state index contributed by atoms with van der Waals surface area (Å²) in [5.41, 5.74) is 6.88. The minimum Gasteiger partial charge on any atom is -0.328 e. The number of hydrogen-bond donors (Lipinski definition) is 1. The van der Waals surface area contributed by atoms with Gasteiger partial charge in [0.2, 0.25) is 0 Å². The molecule has 0 aliphatic carbocycles. The van der Waals surface area contributed by atoms with Gasteiger partial charge in [0.15, 0.2) is 0 Å². The summed E-state index contributed by atoms with van der Waals surface area (Å²) in [7, 11) is 0. The Morgan fingerprint density at radius 3 is 2.50 bits per heavy atom. The number of rotatable bonds is 4. The number of nitrogens with two attached hydrogens (primary N) is 1. The highest BCUT2D eigenvalue weighted by Gasteiger charge is 2.11. The fourth-order valence-electron chi connectivity index (χ4n) is 1.83. The monoisotopic (exact) mass is 357 g/mol. The molecule has 0 spiro atoms. The van der Waals surface area contributed by atoms with Crippen LogP contribution in [0.3, 0.4) is 0 Å². The average Bonchev–Trinajstić information content (AvgIpc) is 2.34. The summed E-state index contributed by atoms with van der Waals surface area (Å²) >= 11 is 4.70. The molecule has 1 nitrogen and oxygen atoms in total. The Bertz CT molecular complexity index is 617. The van der Waals surface area contributed by atoms with E-state index in [0.717, 1.165) is 21.0 Å². The SMILES string of the molecule is CC(N)Cc1cc(Br)ccc1Sc1ccc(F)cc1F. The molecule has 2 aromatic carbocycles. The molecule has 0 heterocycles. The molecule has 2 rings (SSSR count). The van der Waals surface area contributed by atoms with Gasteiger partial charge in [0.1, 0.15) is 11.6 Å². The summed E-state index contributed by atoms with van der Waals surface area (Å²) in [5, 5.41) is 0. The van der Waals surface area contributed by atoms with E-state index in [1.54, 1.807) is 0 Å². The van der Waals surface area contributed by atoms with Gasteiger partial charge in [-0.15, -0.1) is 0 Å². The fraction of sp³-hybridized carbons (Fsp3) is 0.200. The van der Waals surface area contributed by atoms with Gasteiger partial charge in [0.25, 0.3) is 0 Å². The average molecular weight is 358 g/mol. The van der Waals surface area contributed by atoms with Gasteiger partial charge in [0.05, 0.1) is 0 Å². The number of halogens is 3. The Labute approximate surface area is 129 Å². The molecule has 0 aromatic heterocycles. The van der Waals surface area contributed by atoms with E-state index in [0.29, 0.717) is 11.3 Å². The van der Waals surface area contributed by atoms with Gasteiger partial charge in [-0.1, -0.05) is 27.7 Å². The maximum Gasteiger partial charge on any atom is 0.140 e. The molecule has 2 aromatic rings. The van der Waals surface area contributed by atoms with Crippen molar-refractivity contribution in [2.45, 2.75) is 29.2 Å². The molecule has 0 amide bonds. The van der Waals surface area contributed by atoms with Crippen molar-refractivity contribution in [1.29, 1.82) is 0 Å². The van der Waals surface area contributed by atoms with Crippen molar-refractivity contribution in [3.63, 3.8) is 0 Å². The molecule has 0 fully saturated rings. The molecule has 0 bridgehead atoms. The highest BCUT2D eigenvalue weighted by Crippen LogP contribution is 2.34. The van der Waals surface area contributed by atoms with E-state index < -0.39 is 11.6 Å². The van der Waals surface area contributed by atoms with E-state index in [-0.39, 0.29) is 6.04 Å². The van der Waals surface area contributed by atoms with Crippen molar-refractivity contribution < 1.29 is 8.78 Å². The number of benzene rings is 2.